The van der Waals surface area contributed by atoms with E-state index in [9.17, 15) is 9.59 Å². The number of ether oxygens (including phenoxy) is 1. The first-order valence-corrected chi connectivity index (χ1v) is 8.46. The van der Waals surface area contributed by atoms with Crippen LogP contribution in [0.15, 0.2) is 48.5 Å². The Bertz CT molecular complexity index is 963. The average molecular weight is 367 g/mol. The second-order valence-corrected chi connectivity index (χ2v) is 7.29. The van der Waals surface area contributed by atoms with Gasteiger partial charge in [-0.15, -0.1) is 0 Å². The van der Waals surface area contributed by atoms with Crippen molar-refractivity contribution in [1.82, 2.24) is 9.47 Å². The predicted molar refractivity (Wildman–Crippen MR) is 110 cm³/mol. The number of esters is 1. The van der Waals surface area contributed by atoms with E-state index in [1.54, 1.807) is 25.1 Å². The first-order valence-electron chi connectivity index (χ1n) is 8.46. The molecule has 0 bridgehead atoms. The van der Waals surface area contributed by atoms with Crippen LogP contribution in [0.4, 0.5) is 5.69 Å². The lowest BCUT2D eigenvalue weighted by atomic mass is 10.1. The number of rotatable bonds is 5. The summed E-state index contributed by atoms with van der Waals surface area (Å²) in [6, 6.07) is 14.8. The van der Waals surface area contributed by atoms with Crippen molar-refractivity contribution in [2.75, 3.05) is 21.1 Å². The molecule has 27 heavy (non-hydrogen) atoms. The molecule has 1 N–H and O–H groups in total. The normalized spacial score (nSPS) is 11.1. The van der Waals surface area contributed by atoms with Crippen molar-refractivity contribution in [3.8, 4) is 0 Å². The van der Waals surface area contributed by atoms with Crippen LogP contribution in [0.1, 0.15) is 40.8 Å². The molecule has 2 aromatic carbocycles. The number of carbonyl (C=O) groups excluding carboxylic acids is 2. The highest BCUT2D eigenvalue weighted by Gasteiger charge is 2.14. The number of Topliss-reactive ketones (excluding diaryl/α,β-unsaturated/α-hetero) is 1. The van der Waals surface area contributed by atoms with E-state index in [0.29, 0.717) is 15.6 Å². The molecule has 5 nitrogen and oxygen atoms in total. The number of nitrogens with one attached hydrogen (secondary N) is 1. The van der Waals surface area contributed by atoms with Gasteiger partial charge in [0, 0.05) is 16.5 Å². The largest absolute Gasteiger partial charge is 0.456 e. The molecule has 142 valence electrons. The molecular weight excluding hydrogens is 340 g/mol. The summed E-state index contributed by atoms with van der Waals surface area (Å²) in [5.74, 6) is -0.334. The van der Waals surface area contributed by atoms with Gasteiger partial charge in [0.2, 0.25) is 0 Å². The van der Waals surface area contributed by atoms with Gasteiger partial charge in [0.1, 0.15) is 12.3 Å². The van der Waals surface area contributed by atoms with E-state index < -0.39 is 0 Å². The van der Waals surface area contributed by atoms with Crippen LogP contribution in [0.25, 0.3) is 10.9 Å². The van der Waals surface area contributed by atoms with Crippen molar-refractivity contribution in [1.29, 1.82) is 0 Å². The highest BCUT2D eigenvalue weighted by atomic mass is 16.5. The van der Waals surface area contributed by atoms with Gasteiger partial charge in [-0.05, 0) is 55.5 Å². The molecule has 0 aliphatic carbocycles. The van der Waals surface area contributed by atoms with Gasteiger partial charge < -0.3 is 9.72 Å². The van der Waals surface area contributed by atoms with Crippen LogP contribution >= 0.6 is 0 Å². The van der Waals surface area contributed by atoms with Crippen molar-refractivity contribution < 1.29 is 14.3 Å². The lowest BCUT2D eigenvalue weighted by molar-refractivity contribution is 0.0468. The fourth-order valence-corrected chi connectivity index (χ4v) is 2.76. The maximum atomic E-state index is 12.3. The summed E-state index contributed by atoms with van der Waals surface area (Å²) < 4.78 is 6.09. The van der Waals surface area contributed by atoms with E-state index in [-0.39, 0.29) is 25.8 Å². The van der Waals surface area contributed by atoms with Crippen LogP contribution in [-0.2, 0) is 11.3 Å². The number of carbonyl (C=O) groups is 2. The van der Waals surface area contributed by atoms with Gasteiger partial charge in [-0.3, -0.25) is 9.28 Å². The summed E-state index contributed by atoms with van der Waals surface area (Å²) in [4.78, 5) is 26.9. The summed E-state index contributed by atoms with van der Waals surface area (Å²) in [5, 5.41) is 0.927. The van der Waals surface area contributed by atoms with E-state index in [4.69, 9.17) is 4.74 Å². The molecule has 1 aromatic heterocycles. The van der Waals surface area contributed by atoms with Crippen molar-refractivity contribution in [2.45, 2.75) is 21.0 Å². The van der Waals surface area contributed by atoms with Crippen molar-refractivity contribution in [3.05, 3.63) is 65.4 Å². The number of hydrogen-bond acceptors (Lipinski definition) is 3. The molecule has 3 aromatic rings. The highest BCUT2D eigenvalue weighted by Crippen LogP contribution is 2.20. The summed E-state index contributed by atoms with van der Waals surface area (Å²) in [6.45, 7) is 1.69. The number of nitrogens with zero attached hydrogens (tertiary/aromatic N) is 1. The number of aromatic amines is 1. The molecule has 5 heteroatoms. The van der Waals surface area contributed by atoms with Gasteiger partial charge in [-0.25, -0.2) is 4.79 Å². The molecule has 0 amide bonds. The summed E-state index contributed by atoms with van der Waals surface area (Å²) in [6.07, 6.45) is 0. The molecule has 0 atom stereocenters. The van der Waals surface area contributed by atoms with Gasteiger partial charge in [-0.1, -0.05) is 7.43 Å². The molecule has 0 aliphatic heterocycles. The third-order valence-electron chi connectivity index (χ3n) is 4.32. The van der Waals surface area contributed by atoms with Crippen molar-refractivity contribution in [3.63, 3.8) is 0 Å². The maximum Gasteiger partial charge on any atom is 0.338 e. The van der Waals surface area contributed by atoms with E-state index in [0.717, 1.165) is 22.3 Å². The maximum absolute atomic E-state index is 12.3. The molecular formula is C22H27N2O3+. The Morgan fingerprint density at radius 3 is 2.19 bits per heavy atom. The van der Waals surface area contributed by atoms with Crippen LogP contribution in [0.3, 0.4) is 0 Å². The lowest BCUT2D eigenvalue weighted by Crippen LogP contribution is -2.34. The minimum absolute atomic E-state index is 0. The SMILES string of the molecule is C.CC(=O)c1ccc2[nH]c(COC(=O)c3ccc([N+](C)(C)C)cc3)cc2c1. The van der Waals surface area contributed by atoms with Gasteiger partial charge in [0.25, 0.3) is 0 Å². The number of H-pyrrole nitrogens is 1. The van der Waals surface area contributed by atoms with Crippen LogP contribution in [0.2, 0.25) is 0 Å². The van der Waals surface area contributed by atoms with Crippen LogP contribution in [-0.4, -0.2) is 37.9 Å². The topological polar surface area (TPSA) is 59.2 Å². The summed E-state index contributed by atoms with van der Waals surface area (Å²) in [5.41, 5.74) is 4.00. The fourth-order valence-electron chi connectivity index (χ4n) is 2.76. The first kappa shape index (κ1) is 20.4. The summed E-state index contributed by atoms with van der Waals surface area (Å²) >= 11 is 0. The van der Waals surface area contributed by atoms with E-state index in [2.05, 4.69) is 26.1 Å². The number of quaternary nitrogens is 1. The average Bonchev–Trinajstić information content (AvgIpc) is 3.01. The standard InChI is InChI=1S/C21H22N2O3.CH4/c1-14(24)16-7-10-20-17(11-16)12-18(22-20)13-26-21(25)15-5-8-19(9-6-15)23(2,3)4;/h5-12H,13H2,1-4H3;1H4/p+1. The zero-order valence-electron chi connectivity index (χ0n) is 15.5. The van der Waals surface area contributed by atoms with E-state index >= 15 is 0 Å². The van der Waals surface area contributed by atoms with Gasteiger partial charge in [0.15, 0.2) is 5.78 Å². The predicted octanol–water partition coefficient (Wildman–Crippen LogP) is 4.56. The molecule has 0 unspecified atom stereocenters. The third kappa shape index (κ3) is 4.63. The fraction of sp³-hybridized carbons (Fsp3) is 0.273. The van der Waals surface area contributed by atoms with E-state index in [1.807, 2.05) is 30.3 Å². The smallest absolute Gasteiger partial charge is 0.338 e. The molecule has 0 radical (unpaired) electrons. The Morgan fingerprint density at radius 2 is 1.59 bits per heavy atom. The third-order valence-corrected chi connectivity index (χ3v) is 4.32. The highest BCUT2D eigenvalue weighted by molar-refractivity contribution is 5.98. The Labute approximate surface area is 160 Å². The quantitative estimate of drug-likeness (QED) is 0.408. The minimum Gasteiger partial charge on any atom is -0.456 e. The van der Waals surface area contributed by atoms with Crippen LogP contribution in [0.5, 0.6) is 0 Å². The Balaban J connectivity index is 0.00000261. The zero-order chi connectivity index (χ0) is 18.9. The number of hydrogen-bond donors (Lipinski definition) is 1. The Kier molecular flexibility index (Phi) is 5.86. The second-order valence-electron chi connectivity index (χ2n) is 7.29. The Morgan fingerprint density at radius 1 is 0.963 bits per heavy atom. The molecule has 0 fully saturated rings. The first-order chi connectivity index (χ1) is 12.2. The number of benzene rings is 2. The number of aromatic nitrogens is 1. The van der Waals surface area contributed by atoms with Crippen LogP contribution < -0.4 is 4.48 Å². The lowest BCUT2D eigenvalue weighted by Gasteiger charge is -2.23. The summed E-state index contributed by atoms with van der Waals surface area (Å²) in [7, 11) is 6.21. The van der Waals surface area contributed by atoms with Gasteiger partial charge in [0.05, 0.1) is 32.4 Å². The van der Waals surface area contributed by atoms with Gasteiger partial charge in [-0.2, -0.15) is 0 Å². The number of ketones is 1. The monoisotopic (exact) mass is 367 g/mol. The molecule has 0 spiro atoms. The molecule has 0 aliphatic rings. The molecule has 0 saturated heterocycles. The molecule has 0 saturated carbocycles. The molecule has 1 heterocycles. The van der Waals surface area contributed by atoms with E-state index in [1.165, 1.54) is 0 Å². The van der Waals surface area contributed by atoms with Crippen LogP contribution in [0, 0.1) is 0 Å². The minimum atomic E-state index is -0.360. The zero-order valence-corrected chi connectivity index (χ0v) is 15.5. The van der Waals surface area contributed by atoms with Gasteiger partial charge >= 0.3 is 5.97 Å². The molecule has 3 rings (SSSR count). The second kappa shape index (κ2) is 7.76. The van der Waals surface area contributed by atoms with Crippen molar-refractivity contribution in [2.24, 2.45) is 0 Å². The Hall–Kier alpha value is -2.92. The number of fused-ring (bicyclic) bond motifs is 1. The van der Waals surface area contributed by atoms with Crippen molar-refractivity contribution >= 4 is 28.3 Å².